The first kappa shape index (κ1) is 16.9. The molecule has 2 aliphatic heterocycles. The fourth-order valence-corrected chi connectivity index (χ4v) is 4.97. The Bertz CT molecular complexity index is 882. The Morgan fingerprint density at radius 2 is 2.00 bits per heavy atom. The minimum atomic E-state index is -0.330. The molecule has 2 unspecified atom stereocenters. The number of carbonyl (C=O) groups is 1. The monoisotopic (exact) mass is 365 g/mol. The molecule has 27 heavy (non-hydrogen) atoms. The molecule has 0 bridgehead atoms. The molecular weight excluding hydrogens is 338 g/mol. The van der Waals surface area contributed by atoms with Crippen molar-refractivity contribution in [2.24, 2.45) is 5.92 Å². The highest BCUT2D eigenvalue weighted by Crippen LogP contribution is 2.41. The first-order valence-electron chi connectivity index (χ1n) is 10.2. The van der Waals surface area contributed by atoms with Gasteiger partial charge in [0, 0.05) is 25.3 Å². The molecule has 0 spiro atoms. The lowest BCUT2D eigenvalue weighted by atomic mass is 10.0. The number of H-pyrrole nitrogens is 1. The van der Waals surface area contributed by atoms with Crippen molar-refractivity contribution in [1.29, 1.82) is 0 Å². The Morgan fingerprint density at radius 3 is 2.78 bits per heavy atom. The zero-order chi connectivity index (χ0) is 18.5. The summed E-state index contributed by atoms with van der Waals surface area (Å²) < 4.78 is 0. The van der Waals surface area contributed by atoms with Crippen LogP contribution < -0.4 is 4.90 Å². The molecule has 1 saturated heterocycles. The summed E-state index contributed by atoms with van der Waals surface area (Å²) in [6.07, 6.45) is 4.79. The van der Waals surface area contributed by atoms with Gasteiger partial charge in [0.15, 0.2) is 0 Å². The van der Waals surface area contributed by atoms with Crippen LogP contribution in [0.2, 0.25) is 0 Å². The molecule has 2 aromatic rings. The van der Waals surface area contributed by atoms with Gasteiger partial charge in [-0.15, -0.1) is 0 Å². The third-order valence-corrected chi connectivity index (χ3v) is 6.58. The Morgan fingerprint density at radius 1 is 1.19 bits per heavy atom. The standard InChI is InChI=1S/C22H27N3O2/c1-2-14-11-16-12-17(5-6-18(16)20(14)26)25-10-7-15-13-19(23-21(15)25)22(27)24-8-3-4-9-24/h5-6,12-14,20,23,26H,2-4,7-11H2,1H3. The van der Waals surface area contributed by atoms with Crippen LogP contribution in [0, 0.1) is 5.92 Å². The van der Waals surface area contributed by atoms with E-state index in [0.717, 1.165) is 68.8 Å². The second-order valence-electron chi connectivity index (χ2n) is 8.16. The van der Waals surface area contributed by atoms with Gasteiger partial charge in [-0.05, 0) is 66.5 Å². The number of aromatic nitrogens is 1. The Labute approximate surface area is 160 Å². The summed E-state index contributed by atoms with van der Waals surface area (Å²) in [5, 5.41) is 10.5. The number of aromatic amines is 1. The molecule has 1 amide bonds. The number of rotatable bonds is 3. The zero-order valence-electron chi connectivity index (χ0n) is 15.9. The summed E-state index contributed by atoms with van der Waals surface area (Å²) >= 11 is 0. The quantitative estimate of drug-likeness (QED) is 0.874. The van der Waals surface area contributed by atoms with Gasteiger partial charge in [0.1, 0.15) is 11.5 Å². The molecule has 1 aromatic heterocycles. The van der Waals surface area contributed by atoms with Gasteiger partial charge in [-0.2, -0.15) is 0 Å². The van der Waals surface area contributed by atoms with E-state index in [9.17, 15) is 9.90 Å². The van der Waals surface area contributed by atoms with Crippen LogP contribution in [-0.4, -0.2) is 40.5 Å². The molecule has 5 heteroatoms. The van der Waals surface area contributed by atoms with E-state index in [-0.39, 0.29) is 12.0 Å². The molecule has 142 valence electrons. The number of fused-ring (bicyclic) bond motifs is 2. The lowest BCUT2D eigenvalue weighted by molar-refractivity contribution is 0.0787. The number of aliphatic hydroxyl groups is 1. The maximum absolute atomic E-state index is 12.7. The molecule has 3 aliphatic rings. The zero-order valence-corrected chi connectivity index (χ0v) is 15.9. The number of benzene rings is 1. The molecule has 0 saturated carbocycles. The third-order valence-electron chi connectivity index (χ3n) is 6.58. The van der Waals surface area contributed by atoms with Crippen molar-refractivity contribution >= 4 is 17.4 Å². The fraction of sp³-hybridized carbons (Fsp3) is 0.500. The van der Waals surface area contributed by atoms with Crippen molar-refractivity contribution in [3.05, 3.63) is 46.6 Å². The first-order chi connectivity index (χ1) is 13.2. The van der Waals surface area contributed by atoms with E-state index in [1.54, 1.807) is 0 Å². The van der Waals surface area contributed by atoms with E-state index in [1.165, 1.54) is 11.1 Å². The van der Waals surface area contributed by atoms with E-state index >= 15 is 0 Å². The topological polar surface area (TPSA) is 59.6 Å². The average Bonchev–Trinajstić information content (AvgIpc) is 3.44. The second kappa shape index (κ2) is 6.41. The summed E-state index contributed by atoms with van der Waals surface area (Å²) in [7, 11) is 0. The minimum Gasteiger partial charge on any atom is -0.388 e. The van der Waals surface area contributed by atoms with E-state index < -0.39 is 0 Å². The van der Waals surface area contributed by atoms with Crippen molar-refractivity contribution in [3.63, 3.8) is 0 Å². The average molecular weight is 365 g/mol. The van der Waals surface area contributed by atoms with Crippen LogP contribution in [-0.2, 0) is 12.8 Å². The van der Waals surface area contributed by atoms with E-state index in [0.29, 0.717) is 11.6 Å². The minimum absolute atomic E-state index is 0.129. The smallest absolute Gasteiger partial charge is 0.270 e. The highest BCUT2D eigenvalue weighted by molar-refractivity contribution is 5.94. The van der Waals surface area contributed by atoms with Crippen LogP contribution in [0.4, 0.5) is 11.5 Å². The lowest BCUT2D eigenvalue weighted by Gasteiger charge is -2.20. The molecule has 5 rings (SSSR count). The van der Waals surface area contributed by atoms with Crippen LogP contribution in [0.15, 0.2) is 24.3 Å². The van der Waals surface area contributed by atoms with Crippen molar-refractivity contribution in [2.75, 3.05) is 24.5 Å². The van der Waals surface area contributed by atoms with Crippen LogP contribution in [0.5, 0.6) is 0 Å². The molecule has 5 nitrogen and oxygen atoms in total. The van der Waals surface area contributed by atoms with Crippen LogP contribution in [0.3, 0.4) is 0 Å². The number of hydrogen-bond donors (Lipinski definition) is 2. The predicted molar refractivity (Wildman–Crippen MR) is 106 cm³/mol. The van der Waals surface area contributed by atoms with Gasteiger partial charge in [0.25, 0.3) is 5.91 Å². The first-order valence-corrected chi connectivity index (χ1v) is 10.2. The van der Waals surface area contributed by atoms with Crippen LogP contribution in [0.1, 0.15) is 59.5 Å². The fourth-order valence-electron chi connectivity index (χ4n) is 4.97. The van der Waals surface area contributed by atoms with Gasteiger partial charge in [0.2, 0.25) is 0 Å². The van der Waals surface area contributed by atoms with E-state index in [1.807, 2.05) is 11.0 Å². The normalized spacial score (nSPS) is 23.8. The van der Waals surface area contributed by atoms with Crippen molar-refractivity contribution in [2.45, 2.75) is 45.1 Å². The molecular formula is C22H27N3O2. The molecule has 3 heterocycles. The van der Waals surface area contributed by atoms with Crippen LogP contribution >= 0.6 is 0 Å². The highest BCUT2D eigenvalue weighted by atomic mass is 16.3. The van der Waals surface area contributed by atoms with Crippen molar-refractivity contribution in [1.82, 2.24) is 9.88 Å². The number of likely N-dealkylation sites (tertiary alicyclic amines) is 1. The Kier molecular flexibility index (Phi) is 4.01. The summed E-state index contributed by atoms with van der Waals surface area (Å²) in [4.78, 5) is 20.3. The number of nitrogens with zero attached hydrogens (tertiary/aromatic N) is 2. The second-order valence-corrected chi connectivity index (χ2v) is 8.16. The predicted octanol–water partition coefficient (Wildman–Crippen LogP) is 3.56. The number of nitrogens with one attached hydrogen (secondary N) is 1. The van der Waals surface area contributed by atoms with E-state index in [2.05, 4.69) is 35.0 Å². The third kappa shape index (κ3) is 2.67. The summed E-state index contributed by atoms with van der Waals surface area (Å²) in [6.45, 7) is 4.82. The summed E-state index contributed by atoms with van der Waals surface area (Å²) in [5.74, 6) is 1.52. The molecule has 0 radical (unpaired) electrons. The van der Waals surface area contributed by atoms with Gasteiger partial charge >= 0.3 is 0 Å². The van der Waals surface area contributed by atoms with Crippen LogP contribution in [0.25, 0.3) is 0 Å². The van der Waals surface area contributed by atoms with Gasteiger partial charge < -0.3 is 19.9 Å². The van der Waals surface area contributed by atoms with E-state index in [4.69, 9.17) is 0 Å². The number of carbonyl (C=O) groups excluding carboxylic acids is 1. The number of aliphatic hydroxyl groups excluding tert-OH is 1. The van der Waals surface area contributed by atoms with Crippen molar-refractivity contribution < 1.29 is 9.90 Å². The van der Waals surface area contributed by atoms with Gasteiger partial charge in [0.05, 0.1) is 6.10 Å². The highest BCUT2D eigenvalue weighted by Gasteiger charge is 2.32. The Hall–Kier alpha value is -2.27. The molecule has 1 fully saturated rings. The Balaban J connectivity index is 1.42. The molecule has 1 aliphatic carbocycles. The maximum atomic E-state index is 12.7. The molecule has 2 N–H and O–H groups in total. The molecule has 1 aromatic carbocycles. The maximum Gasteiger partial charge on any atom is 0.270 e. The summed E-state index contributed by atoms with van der Waals surface area (Å²) in [6, 6.07) is 8.46. The number of hydrogen-bond acceptors (Lipinski definition) is 3. The molecule has 2 atom stereocenters. The number of anilines is 2. The van der Waals surface area contributed by atoms with Gasteiger partial charge in [-0.25, -0.2) is 0 Å². The largest absolute Gasteiger partial charge is 0.388 e. The number of amides is 1. The lowest BCUT2D eigenvalue weighted by Crippen LogP contribution is -2.28. The van der Waals surface area contributed by atoms with Gasteiger partial charge in [-0.1, -0.05) is 19.4 Å². The SMILES string of the molecule is CCC1Cc2cc(N3CCc4cc(C(=O)N5CCCC5)[nH]c43)ccc2C1O. The van der Waals surface area contributed by atoms with Crippen molar-refractivity contribution in [3.8, 4) is 0 Å². The van der Waals surface area contributed by atoms with Gasteiger partial charge in [-0.3, -0.25) is 4.79 Å². The summed E-state index contributed by atoms with van der Waals surface area (Å²) in [5.41, 5.74) is 5.44.